The van der Waals surface area contributed by atoms with E-state index in [2.05, 4.69) is 10.3 Å². The van der Waals surface area contributed by atoms with Crippen molar-refractivity contribution in [3.05, 3.63) is 39.3 Å². The lowest BCUT2D eigenvalue weighted by Gasteiger charge is -2.28. The molecule has 2 rings (SSSR count). The van der Waals surface area contributed by atoms with Crippen LogP contribution in [-0.2, 0) is 19.7 Å². The van der Waals surface area contributed by atoms with Gasteiger partial charge < -0.3 is 15.2 Å². The van der Waals surface area contributed by atoms with Crippen LogP contribution >= 0.6 is 34.5 Å². The van der Waals surface area contributed by atoms with E-state index in [4.69, 9.17) is 33.0 Å². The van der Waals surface area contributed by atoms with Crippen molar-refractivity contribution < 1.29 is 19.4 Å². The molecule has 0 aliphatic carbocycles. The predicted octanol–water partition coefficient (Wildman–Crippen LogP) is 5.27. The standard InChI is InChI=1S/C18H20Cl2N2O4S/c1-3-18(8-7-15(23)24,16(25)26-4-2)14-10-27-17(22-14)21-13-6-5-11(19)9-12(13)20/h5-6,9-10H,3-4,7-8H2,1-2H3,(H,21,22)(H,23,24)/t18-/m0/s1. The number of esters is 1. The number of carboxylic acid groups (broad SMARTS) is 1. The van der Waals surface area contributed by atoms with Crippen molar-refractivity contribution in [2.75, 3.05) is 11.9 Å². The monoisotopic (exact) mass is 430 g/mol. The number of anilines is 2. The van der Waals surface area contributed by atoms with Crippen molar-refractivity contribution in [1.82, 2.24) is 4.98 Å². The number of halogens is 2. The van der Waals surface area contributed by atoms with Gasteiger partial charge >= 0.3 is 11.9 Å². The zero-order valence-corrected chi connectivity index (χ0v) is 17.2. The maximum absolute atomic E-state index is 12.7. The number of carbonyl (C=O) groups excluding carboxylic acids is 1. The number of rotatable bonds is 9. The smallest absolute Gasteiger partial charge is 0.318 e. The lowest BCUT2D eigenvalue weighted by atomic mass is 9.78. The molecular weight excluding hydrogens is 411 g/mol. The van der Waals surface area contributed by atoms with Crippen molar-refractivity contribution >= 4 is 57.3 Å². The molecule has 2 aromatic rings. The molecule has 0 fully saturated rings. The van der Waals surface area contributed by atoms with Gasteiger partial charge in [-0.05, 0) is 38.0 Å². The van der Waals surface area contributed by atoms with Gasteiger partial charge in [-0.2, -0.15) is 0 Å². The van der Waals surface area contributed by atoms with E-state index in [9.17, 15) is 9.59 Å². The summed E-state index contributed by atoms with van der Waals surface area (Å²) in [4.78, 5) is 28.3. The van der Waals surface area contributed by atoms with Gasteiger partial charge in [0.05, 0.1) is 23.0 Å². The fourth-order valence-electron chi connectivity index (χ4n) is 2.68. The molecule has 0 radical (unpaired) electrons. The van der Waals surface area contributed by atoms with E-state index in [1.165, 1.54) is 11.3 Å². The summed E-state index contributed by atoms with van der Waals surface area (Å²) in [5.74, 6) is -1.44. The second-order valence-electron chi connectivity index (χ2n) is 5.84. The Kier molecular flexibility index (Phi) is 7.47. The average Bonchev–Trinajstić information content (AvgIpc) is 3.07. The van der Waals surface area contributed by atoms with Gasteiger partial charge in [0.2, 0.25) is 0 Å². The molecule has 27 heavy (non-hydrogen) atoms. The number of ether oxygens (including phenoxy) is 1. The van der Waals surface area contributed by atoms with Crippen LogP contribution in [0.3, 0.4) is 0 Å². The number of aliphatic carboxylic acids is 1. The van der Waals surface area contributed by atoms with Gasteiger partial charge in [-0.1, -0.05) is 30.1 Å². The van der Waals surface area contributed by atoms with Gasteiger partial charge in [-0.25, -0.2) is 4.98 Å². The summed E-state index contributed by atoms with van der Waals surface area (Å²) in [5, 5.41) is 15.4. The van der Waals surface area contributed by atoms with Crippen molar-refractivity contribution in [3.8, 4) is 0 Å². The van der Waals surface area contributed by atoms with Gasteiger partial charge in [-0.3, -0.25) is 9.59 Å². The highest BCUT2D eigenvalue weighted by Gasteiger charge is 2.42. The van der Waals surface area contributed by atoms with E-state index in [-0.39, 0.29) is 19.4 Å². The number of carboxylic acids is 1. The van der Waals surface area contributed by atoms with Crippen LogP contribution in [0.5, 0.6) is 0 Å². The van der Waals surface area contributed by atoms with Crippen LogP contribution in [-0.4, -0.2) is 28.6 Å². The number of aromatic nitrogens is 1. The Morgan fingerprint density at radius 1 is 1.33 bits per heavy atom. The van der Waals surface area contributed by atoms with Crippen LogP contribution in [0.1, 0.15) is 38.8 Å². The molecule has 0 unspecified atom stereocenters. The zero-order valence-electron chi connectivity index (χ0n) is 14.9. The molecule has 0 aliphatic rings. The first kappa shape index (κ1) is 21.5. The SMILES string of the molecule is CCOC(=O)[C@@](CC)(CCC(=O)O)c1csc(Nc2ccc(Cl)cc2Cl)n1. The summed E-state index contributed by atoms with van der Waals surface area (Å²) in [6, 6.07) is 5.04. The molecule has 1 aromatic carbocycles. The number of hydrogen-bond donors (Lipinski definition) is 2. The average molecular weight is 431 g/mol. The first-order chi connectivity index (χ1) is 12.8. The molecule has 0 aliphatic heterocycles. The fourth-order valence-corrected chi connectivity index (χ4v) is 3.96. The quantitative estimate of drug-likeness (QED) is 0.526. The van der Waals surface area contributed by atoms with E-state index in [0.29, 0.717) is 33.0 Å². The van der Waals surface area contributed by atoms with E-state index in [0.717, 1.165) is 0 Å². The highest BCUT2D eigenvalue weighted by Crippen LogP contribution is 2.37. The molecule has 146 valence electrons. The van der Waals surface area contributed by atoms with Crippen molar-refractivity contribution in [2.24, 2.45) is 0 Å². The maximum atomic E-state index is 12.7. The first-order valence-corrected chi connectivity index (χ1v) is 10.0. The predicted molar refractivity (Wildman–Crippen MR) is 107 cm³/mol. The third kappa shape index (κ3) is 5.12. The Hall–Kier alpha value is -1.83. The van der Waals surface area contributed by atoms with E-state index >= 15 is 0 Å². The van der Waals surface area contributed by atoms with E-state index < -0.39 is 17.4 Å². The maximum Gasteiger partial charge on any atom is 0.318 e. The summed E-state index contributed by atoms with van der Waals surface area (Å²) >= 11 is 13.4. The number of thiazole rings is 1. The molecule has 2 N–H and O–H groups in total. The van der Waals surface area contributed by atoms with Crippen molar-refractivity contribution in [3.63, 3.8) is 0 Å². The van der Waals surface area contributed by atoms with Gasteiger partial charge in [0, 0.05) is 16.8 Å². The largest absolute Gasteiger partial charge is 0.481 e. The summed E-state index contributed by atoms with van der Waals surface area (Å²) < 4.78 is 5.22. The van der Waals surface area contributed by atoms with Gasteiger partial charge in [0.15, 0.2) is 5.13 Å². The fraction of sp³-hybridized carbons (Fsp3) is 0.389. The second kappa shape index (κ2) is 9.39. The molecule has 0 saturated carbocycles. The Morgan fingerprint density at radius 3 is 2.67 bits per heavy atom. The minimum Gasteiger partial charge on any atom is -0.481 e. The van der Waals surface area contributed by atoms with E-state index in [1.807, 2.05) is 6.92 Å². The lowest BCUT2D eigenvalue weighted by molar-refractivity contribution is -0.151. The molecule has 0 spiro atoms. The van der Waals surface area contributed by atoms with E-state index in [1.54, 1.807) is 30.5 Å². The van der Waals surface area contributed by atoms with Crippen LogP contribution in [0.15, 0.2) is 23.6 Å². The van der Waals surface area contributed by atoms with Crippen LogP contribution in [0.25, 0.3) is 0 Å². The van der Waals surface area contributed by atoms with Gasteiger partial charge in [0.1, 0.15) is 5.41 Å². The topological polar surface area (TPSA) is 88.5 Å². The third-order valence-electron chi connectivity index (χ3n) is 4.20. The van der Waals surface area contributed by atoms with Crippen LogP contribution in [0, 0.1) is 0 Å². The molecule has 0 saturated heterocycles. The molecule has 6 nitrogen and oxygen atoms in total. The summed E-state index contributed by atoms with van der Waals surface area (Å²) in [5.41, 5.74) is 0.0160. The molecule has 0 amide bonds. The Bertz CT molecular complexity index is 827. The number of nitrogens with one attached hydrogen (secondary N) is 1. The molecule has 1 heterocycles. The van der Waals surface area contributed by atoms with Gasteiger partial charge in [0.25, 0.3) is 0 Å². The first-order valence-electron chi connectivity index (χ1n) is 8.39. The highest BCUT2D eigenvalue weighted by molar-refractivity contribution is 7.13. The molecule has 0 bridgehead atoms. The van der Waals surface area contributed by atoms with Gasteiger partial charge in [-0.15, -0.1) is 11.3 Å². The zero-order chi connectivity index (χ0) is 20.0. The molecule has 9 heteroatoms. The van der Waals surface area contributed by atoms with Crippen molar-refractivity contribution in [2.45, 2.75) is 38.5 Å². The summed E-state index contributed by atoms with van der Waals surface area (Å²) in [7, 11) is 0. The second-order valence-corrected chi connectivity index (χ2v) is 7.54. The van der Waals surface area contributed by atoms with Crippen molar-refractivity contribution in [1.29, 1.82) is 0 Å². The molecular formula is C18H20Cl2N2O4S. The number of benzene rings is 1. The lowest BCUT2D eigenvalue weighted by Crippen LogP contribution is -2.38. The summed E-state index contributed by atoms with van der Waals surface area (Å²) in [6.45, 7) is 3.75. The summed E-state index contributed by atoms with van der Waals surface area (Å²) in [6.07, 6.45) is 0.336. The molecule has 1 atom stereocenters. The Balaban J connectivity index is 2.33. The van der Waals surface area contributed by atoms with Crippen LogP contribution in [0.4, 0.5) is 10.8 Å². The third-order valence-corrected chi connectivity index (χ3v) is 5.51. The number of nitrogens with zero attached hydrogens (tertiary/aromatic N) is 1. The van der Waals surface area contributed by atoms with Crippen LogP contribution in [0.2, 0.25) is 10.0 Å². The minimum atomic E-state index is -1.10. The van der Waals surface area contributed by atoms with Crippen LogP contribution < -0.4 is 5.32 Å². The Morgan fingerprint density at radius 2 is 2.07 bits per heavy atom. The number of carbonyl (C=O) groups is 2. The number of hydrogen-bond acceptors (Lipinski definition) is 6. The normalized spacial score (nSPS) is 13.0. The Labute approximate surface area is 171 Å². The molecule has 1 aromatic heterocycles. The minimum absolute atomic E-state index is 0.114. The highest BCUT2D eigenvalue weighted by atomic mass is 35.5.